The highest BCUT2D eigenvalue weighted by atomic mass is 32.1. The van der Waals surface area contributed by atoms with Gasteiger partial charge in [-0.2, -0.15) is 0 Å². The molecule has 2 N–H and O–H groups in total. The van der Waals surface area contributed by atoms with Gasteiger partial charge in [0, 0.05) is 37.5 Å². The molecule has 0 aromatic carbocycles. The number of amides is 1. The molecular weight excluding hydrogens is 320 g/mol. The number of nitrogens with one attached hydrogen (secondary N) is 2. The summed E-state index contributed by atoms with van der Waals surface area (Å²) >= 11 is 1.71. The smallest absolute Gasteiger partial charge is 0.222 e. The lowest BCUT2D eigenvalue weighted by Gasteiger charge is -2.20. The van der Waals surface area contributed by atoms with Gasteiger partial charge in [-0.3, -0.25) is 4.79 Å². The zero-order chi connectivity index (χ0) is 17.0. The van der Waals surface area contributed by atoms with Crippen LogP contribution in [0.2, 0.25) is 0 Å². The standard InChI is InChI=1S/C18H28N4OS/c1-2-10-19-18(21-15-16-8-6-14-24-16)20-11-7-13-22-12-5-3-4-9-17(22)23/h2,6,8,14H,1,3-5,7,9-13,15H2,(H2,19,20,21). The molecule has 0 unspecified atom stereocenters. The number of rotatable bonds is 8. The summed E-state index contributed by atoms with van der Waals surface area (Å²) in [5, 5.41) is 8.64. The van der Waals surface area contributed by atoms with Gasteiger partial charge < -0.3 is 15.5 Å². The second-order valence-electron chi connectivity index (χ2n) is 5.89. The average molecular weight is 349 g/mol. The minimum absolute atomic E-state index is 0.309. The van der Waals surface area contributed by atoms with Crippen LogP contribution >= 0.6 is 11.3 Å². The van der Waals surface area contributed by atoms with Crippen LogP contribution in [-0.4, -0.2) is 42.9 Å². The van der Waals surface area contributed by atoms with E-state index in [0.29, 0.717) is 25.4 Å². The highest BCUT2D eigenvalue weighted by molar-refractivity contribution is 7.09. The average Bonchev–Trinajstić information content (AvgIpc) is 3.03. The van der Waals surface area contributed by atoms with E-state index in [1.165, 1.54) is 11.3 Å². The lowest BCUT2D eigenvalue weighted by molar-refractivity contribution is -0.130. The molecule has 0 atom stereocenters. The molecule has 2 heterocycles. The van der Waals surface area contributed by atoms with Gasteiger partial charge >= 0.3 is 0 Å². The highest BCUT2D eigenvalue weighted by Crippen LogP contribution is 2.11. The van der Waals surface area contributed by atoms with Crippen LogP contribution in [0.5, 0.6) is 0 Å². The summed E-state index contributed by atoms with van der Waals surface area (Å²) in [5.74, 6) is 1.11. The SMILES string of the molecule is C=CCNC(=NCc1cccs1)NCCCN1CCCCCC1=O. The van der Waals surface area contributed by atoms with E-state index in [2.05, 4.69) is 33.7 Å². The van der Waals surface area contributed by atoms with Gasteiger partial charge in [0.1, 0.15) is 0 Å². The Balaban J connectivity index is 1.73. The fourth-order valence-electron chi connectivity index (χ4n) is 2.65. The number of thiophene rings is 1. The van der Waals surface area contributed by atoms with Crippen LogP contribution in [0.3, 0.4) is 0 Å². The lowest BCUT2D eigenvalue weighted by Crippen LogP contribution is -2.39. The quantitative estimate of drug-likeness (QED) is 0.329. The van der Waals surface area contributed by atoms with Gasteiger partial charge in [0.05, 0.1) is 6.54 Å². The summed E-state index contributed by atoms with van der Waals surface area (Å²) in [5.41, 5.74) is 0. The van der Waals surface area contributed by atoms with E-state index in [0.717, 1.165) is 44.9 Å². The molecule has 1 aromatic heterocycles. The molecule has 1 aromatic rings. The zero-order valence-electron chi connectivity index (χ0n) is 14.3. The van der Waals surface area contributed by atoms with E-state index in [1.54, 1.807) is 11.3 Å². The van der Waals surface area contributed by atoms with Crippen molar-refractivity contribution in [2.75, 3.05) is 26.2 Å². The fourth-order valence-corrected chi connectivity index (χ4v) is 3.28. The number of hydrogen-bond acceptors (Lipinski definition) is 3. The Bertz CT molecular complexity index is 527. The van der Waals surface area contributed by atoms with Gasteiger partial charge in [0.2, 0.25) is 5.91 Å². The zero-order valence-corrected chi connectivity index (χ0v) is 15.1. The molecule has 0 spiro atoms. The molecule has 0 aliphatic carbocycles. The van der Waals surface area contributed by atoms with Crippen molar-refractivity contribution in [2.24, 2.45) is 4.99 Å². The third kappa shape index (κ3) is 6.74. The van der Waals surface area contributed by atoms with Crippen molar-refractivity contribution in [3.63, 3.8) is 0 Å². The Morgan fingerprint density at radius 3 is 3.08 bits per heavy atom. The van der Waals surface area contributed by atoms with E-state index in [-0.39, 0.29) is 0 Å². The maximum Gasteiger partial charge on any atom is 0.222 e. The molecule has 1 aliphatic heterocycles. The van der Waals surface area contributed by atoms with Crippen LogP contribution in [0, 0.1) is 0 Å². The van der Waals surface area contributed by atoms with Gasteiger partial charge in [-0.15, -0.1) is 17.9 Å². The van der Waals surface area contributed by atoms with Crippen molar-refractivity contribution in [1.29, 1.82) is 0 Å². The molecule has 0 saturated carbocycles. The van der Waals surface area contributed by atoms with Gasteiger partial charge in [-0.05, 0) is 30.7 Å². The first-order valence-electron chi connectivity index (χ1n) is 8.73. The number of nitrogens with zero attached hydrogens (tertiary/aromatic N) is 2. The maximum absolute atomic E-state index is 12.0. The van der Waals surface area contributed by atoms with Crippen molar-refractivity contribution in [1.82, 2.24) is 15.5 Å². The number of carbonyl (C=O) groups is 1. The van der Waals surface area contributed by atoms with Gasteiger partial charge in [0.25, 0.3) is 0 Å². The van der Waals surface area contributed by atoms with Gasteiger partial charge in [-0.1, -0.05) is 18.6 Å². The fraction of sp³-hybridized carbons (Fsp3) is 0.556. The van der Waals surface area contributed by atoms with Crippen LogP contribution in [0.25, 0.3) is 0 Å². The topological polar surface area (TPSA) is 56.7 Å². The summed E-state index contributed by atoms with van der Waals surface area (Å²) in [6.45, 7) is 7.62. The van der Waals surface area contributed by atoms with Crippen LogP contribution in [0.1, 0.15) is 37.0 Å². The lowest BCUT2D eigenvalue weighted by atomic mass is 10.2. The van der Waals surface area contributed by atoms with Crippen LogP contribution in [0.15, 0.2) is 35.2 Å². The van der Waals surface area contributed by atoms with Crippen LogP contribution in [-0.2, 0) is 11.3 Å². The van der Waals surface area contributed by atoms with Crippen molar-refractivity contribution in [2.45, 2.75) is 38.6 Å². The van der Waals surface area contributed by atoms with Crippen molar-refractivity contribution in [3.8, 4) is 0 Å². The largest absolute Gasteiger partial charge is 0.356 e. The summed E-state index contributed by atoms with van der Waals surface area (Å²) in [6.07, 6.45) is 6.80. The first-order chi connectivity index (χ1) is 11.8. The molecule has 1 amide bonds. The highest BCUT2D eigenvalue weighted by Gasteiger charge is 2.15. The van der Waals surface area contributed by atoms with Crippen LogP contribution in [0.4, 0.5) is 0 Å². The molecule has 1 saturated heterocycles. The molecular formula is C18H28N4OS. The Morgan fingerprint density at radius 1 is 1.38 bits per heavy atom. The minimum atomic E-state index is 0.309. The van der Waals surface area contributed by atoms with E-state index in [4.69, 9.17) is 0 Å². The first kappa shape index (κ1) is 18.5. The molecule has 132 valence electrons. The molecule has 2 rings (SSSR count). The van der Waals surface area contributed by atoms with Crippen LogP contribution < -0.4 is 10.6 Å². The normalized spacial score (nSPS) is 15.9. The number of likely N-dealkylation sites (tertiary alicyclic amines) is 1. The number of hydrogen-bond donors (Lipinski definition) is 2. The van der Waals surface area contributed by atoms with E-state index < -0.39 is 0 Å². The van der Waals surface area contributed by atoms with E-state index in [9.17, 15) is 4.79 Å². The van der Waals surface area contributed by atoms with Gasteiger partial charge in [-0.25, -0.2) is 4.99 Å². The Hall–Kier alpha value is -1.82. The molecule has 0 bridgehead atoms. The molecule has 1 aliphatic rings. The Labute approximate surface area is 148 Å². The predicted octanol–water partition coefficient (Wildman–Crippen LogP) is 2.76. The minimum Gasteiger partial charge on any atom is -0.356 e. The molecule has 24 heavy (non-hydrogen) atoms. The Kier molecular flexibility index (Phi) is 8.38. The predicted molar refractivity (Wildman–Crippen MR) is 101 cm³/mol. The second-order valence-corrected chi connectivity index (χ2v) is 6.92. The van der Waals surface area contributed by atoms with Gasteiger partial charge in [0.15, 0.2) is 5.96 Å². The van der Waals surface area contributed by atoms with Crippen molar-refractivity contribution in [3.05, 3.63) is 35.0 Å². The summed E-state index contributed by atoms with van der Waals surface area (Å²) in [6, 6.07) is 4.13. The molecule has 0 radical (unpaired) electrons. The monoisotopic (exact) mass is 348 g/mol. The van der Waals surface area contributed by atoms with Crippen molar-refractivity contribution >= 4 is 23.2 Å². The maximum atomic E-state index is 12.0. The number of aliphatic imine (C=N–C) groups is 1. The second kappa shape index (κ2) is 10.9. The third-order valence-corrected chi connectivity index (χ3v) is 4.82. The molecule has 6 heteroatoms. The first-order valence-corrected chi connectivity index (χ1v) is 9.61. The summed E-state index contributed by atoms with van der Waals surface area (Å²) in [4.78, 5) is 19.8. The van der Waals surface area contributed by atoms with Crippen molar-refractivity contribution < 1.29 is 4.79 Å². The van der Waals surface area contributed by atoms with E-state index >= 15 is 0 Å². The number of carbonyl (C=O) groups excluding carboxylic acids is 1. The summed E-state index contributed by atoms with van der Waals surface area (Å²) < 4.78 is 0. The third-order valence-electron chi connectivity index (χ3n) is 3.96. The van der Waals surface area contributed by atoms with E-state index in [1.807, 2.05) is 17.0 Å². The molecule has 1 fully saturated rings. The number of guanidine groups is 1. The summed E-state index contributed by atoms with van der Waals surface area (Å²) in [7, 11) is 0. The molecule has 5 nitrogen and oxygen atoms in total. The Morgan fingerprint density at radius 2 is 2.29 bits per heavy atom.